The zero-order valence-corrected chi connectivity index (χ0v) is 22.2. The van der Waals surface area contributed by atoms with Crippen molar-refractivity contribution < 1.29 is 19.4 Å². The molecule has 208 valence electrons. The van der Waals surface area contributed by atoms with Crippen molar-refractivity contribution >= 4 is 22.8 Å². The van der Waals surface area contributed by atoms with Crippen LogP contribution in [0.25, 0.3) is 11.0 Å². The van der Waals surface area contributed by atoms with Crippen molar-refractivity contribution in [1.82, 2.24) is 30.5 Å². The predicted octanol–water partition coefficient (Wildman–Crippen LogP) is 2.32. The van der Waals surface area contributed by atoms with Crippen LogP contribution in [-0.2, 0) is 0 Å². The largest absolute Gasteiger partial charge is 0.490 e. The molecule has 1 aliphatic heterocycles. The second-order valence-corrected chi connectivity index (χ2v) is 11.6. The first kappa shape index (κ1) is 25.0. The van der Waals surface area contributed by atoms with Crippen LogP contribution >= 0.6 is 0 Å². The molecule has 40 heavy (non-hydrogen) atoms. The highest BCUT2D eigenvalue weighted by atomic mass is 16.5. The summed E-state index contributed by atoms with van der Waals surface area (Å²) in [5, 5.41) is 30.0. The summed E-state index contributed by atoms with van der Waals surface area (Å²) in [6.07, 6.45) is 7.29. The molecule has 3 aromatic heterocycles. The summed E-state index contributed by atoms with van der Waals surface area (Å²) in [7, 11) is 0. The maximum atomic E-state index is 13.2. The Hall–Kier alpha value is -3.98. The molecule has 1 amide bonds. The SMILES string of the molecule is N#C[C@@H]1C[C@@H]1COc1nc(C(=O)NC23CC(C2)C3)cc(N2CCC(c3n[nH]c4nccc(OCCO)c34)CC2)n1. The minimum Gasteiger partial charge on any atom is -0.490 e. The summed E-state index contributed by atoms with van der Waals surface area (Å²) >= 11 is 0. The number of anilines is 1. The number of amides is 1. The number of fused-ring (bicyclic) bond motifs is 1. The Bertz CT molecular complexity index is 1460. The summed E-state index contributed by atoms with van der Waals surface area (Å²) in [5.41, 5.74) is 1.84. The first-order valence-corrected chi connectivity index (χ1v) is 14.1. The molecule has 4 aliphatic carbocycles. The zero-order valence-electron chi connectivity index (χ0n) is 22.2. The molecule has 4 saturated carbocycles. The number of carbonyl (C=O) groups excluding carboxylic acids is 1. The zero-order chi connectivity index (χ0) is 27.3. The number of nitrogens with zero attached hydrogens (tertiary/aromatic N) is 6. The van der Waals surface area contributed by atoms with Crippen molar-refractivity contribution in [1.29, 1.82) is 5.26 Å². The molecule has 2 bridgehead atoms. The smallest absolute Gasteiger partial charge is 0.319 e. The number of nitrogens with one attached hydrogen (secondary N) is 2. The van der Waals surface area contributed by atoms with Gasteiger partial charge in [-0.25, -0.2) is 4.98 Å². The number of aromatic nitrogens is 5. The van der Waals surface area contributed by atoms with Crippen LogP contribution in [0.2, 0.25) is 0 Å². The predicted molar refractivity (Wildman–Crippen MR) is 143 cm³/mol. The molecule has 4 heterocycles. The van der Waals surface area contributed by atoms with E-state index in [1.54, 1.807) is 18.3 Å². The van der Waals surface area contributed by atoms with Gasteiger partial charge < -0.3 is 24.8 Å². The number of ether oxygens (including phenoxy) is 2. The van der Waals surface area contributed by atoms with Crippen molar-refractivity contribution in [2.75, 3.05) is 37.8 Å². The van der Waals surface area contributed by atoms with E-state index in [1.165, 1.54) is 0 Å². The number of H-pyrrole nitrogens is 1. The lowest BCUT2D eigenvalue weighted by atomic mass is 9.50. The molecule has 0 aromatic carbocycles. The molecule has 5 fully saturated rings. The lowest BCUT2D eigenvalue weighted by Crippen LogP contribution is -2.68. The van der Waals surface area contributed by atoms with E-state index in [0.717, 1.165) is 55.5 Å². The van der Waals surface area contributed by atoms with Gasteiger partial charge in [-0.2, -0.15) is 20.3 Å². The number of piperidine rings is 1. The van der Waals surface area contributed by atoms with Crippen LogP contribution in [0.4, 0.5) is 5.82 Å². The van der Waals surface area contributed by atoms with Crippen LogP contribution in [0, 0.1) is 29.1 Å². The molecule has 2 atom stereocenters. The Labute approximate surface area is 231 Å². The third-order valence-corrected chi connectivity index (χ3v) is 8.86. The number of nitriles is 1. The normalized spacial score (nSPS) is 26.9. The van der Waals surface area contributed by atoms with Crippen LogP contribution in [0.15, 0.2) is 18.3 Å². The number of carbonyl (C=O) groups is 1. The van der Waals surface area contributed by atoms with Crippen molar-refractivity contribution in [2.45, 2.75) is 50.0 Å². The highest BCUT2D eigenvalue weighted by Crippen LogP contribution is 2.57. The van der Waals surface area contributed by atoms with Crippen molar-refractivity contribution in [3.63, 3.8) is 0 Å². The average Bonchev–Trinajstić information content (AvgIpc) is 3.58. The van der Waals surface area contributed by atoms with E-state index in [9.17, 15) is 9.90 Å². The number of hydrogen-bond donors (Lipinski definition) is 3. The highest BCUT2D eigenvalue weighted by Gasteiger charge is 2.57. The maximum Gasteiger partial charge on any atom is 0.319 e. The third-order valence-electron chi connectivity index (χ3n) is 8.86. The molecular weight excluding hydrogens is 512 g/mol. The van der Waals surface area contributed by atoms with Crippen LogP contribution in [0.5, 0.6) is 11.8 Å². The fraction of sp³-hybridized carbons (Fsp3) is 0.571. The van der Waals surface area contributed by atoms with Gasteiger partial charge in [-0.15, -0.1) is 0 Å². The van der Waals surface area contributed by atoms with Gasteiger partial charge >= 0.3 is 6.01 Å². The van der Waals surface area contributed by atoms with Gasteiger partial charge in [0.25, 0.3) is 5.91 Å². The molecule has 0 unspecified atom stereocenters. The molecule has 0 spiro atoms. The highest BCUT2D eigenvalue weighted by molar-refractivity contribution is 5.94. The van der Waals surface area contributed by atoms with E-state index in [2.05, 4.69) is 41.4 Å². The first-order chi connectivity index (χ1) is 19.5. The minimum absolute atomic E-state index is 0.0251. The Morgan fingerprint density at radius 1 is 1.25 bits per heavy atom. The van der Waals surface area contributed by atoms with E-state index in [0.29, 0.717) is 42.6 Å². The summed E-state index contributed by atoms with van der Waals surface area (Å²) in [4.78, 5) is 28.9. The Morgan fingerprint density at radius 2 is 2.08 bits per heavy atom. The standard InChI is InChI=1S/C28H32N8O4/c29-14-18-9-19(18)15-40-27-31-20(26(38)33-28-11-16(12-28)13-28)10-22(32-27)36-5-2-17(3-6-36)24-23-21(39-8-7-37)1-4-30-25(23)35-34-24/h1,4,10,16-19,37H,2-3,5-9,11-13,15H2,(H,33,38)(H,30,34,35)/t16?,18-,19+,28?/m0/s1. The lowest BCUT2D eigenvalue weighted by Gasteiger charge is -2.61. The molecule has 0 radical (unpaired) electrons. The monoisotopic (exact) mass is 544 g/mol. The third kappa shape index (κ3) is 4.58. The number of aliphatic hydroxyl groups excluding tert-OH is 1. The second-order valence-electron chi connectivity index (χ2n) is 11.6. The van der Waals surface area contributed by atoms with E-state index in [1.807, 2.05) is 0 Å². The molecule has 8 rings (SSSR count). The molecule has 12 heteroatoms. The summed E-state index contributed by atoms with van der Waals surface area (Å²) in [5.74, 6) is 2.30. The number of hydrogen-bond acceptors (Lipinski definition) is 10. The van der Waals surface area contributed by atoms with Crippen molar-refractivity contribution in [3.8, 4) is 17.8 Å². The minimum atomic E-state index is -0.186. The second kappa shape index (κ2) is 9.89. The van der Waals surface area contributed by atoms with Gasteiger partial charge in [0.1, 0.15) is 23.9 Å². The van der Waals surface area contributed by atoms with Crippen LogP contribution in [-0.4, -0.2) is 74.6 Å². The van der Waals surface area contributed by atoms with Gasteiger partial charge in [0.05, 0.1) is 36.3 Å². The Morgan fingerprint density at radius 3 is 2.77 bits per heavy atom. The van der Waals surface area contributed by atoms with E-state index in [-0.39, 0.29) is 48.4 Å². The summed E-state index contributed by atoms with van der Waals surface area (Å²) < 4.78 is 11.7. The quantitative estimate of drug-likeness (QED) is 0.345. The van der Waals surface area contributed by atoms with E-state index in [4.69, 9.17) is 14.7 Å². The number of rotatable bonds is 10. The van der Waals surface area contributed by atoms with Crippen molar-refractivity contribution in [2.24, 2.45) is 17.8 Å². The van der Waals surface area contributed by atoms with Gasteiger partial charge in [-0.3, -0.25) is 9.89 Å². The molecule has 3 aromatic rings. The van der Waals surface area contributed by atoms with E-state index >= 15 is 0 Å². The fourth-order valence-corrected chi connectivity index (χ4v) is 6.36. The van der Waals surface area contributed by atoms with Gasteiger partial charge in [0, 0.05) is 42.7 Å². The number of aliphatic hydroxyl groups is 1. The topological polar surface area (TPSA) is 162 Å². The average molecular weight is 545 g/mol. The van der Waals surface area contributed by atoms with Gasteiger partial charge in [-0.05, 0) is 50.5 Å². The number of pyridine rings is 1. The van der Waals surface area contributed by atoms with Crippen LogP contribution < -0.4 is 19.7 Å². The maximum absolute atomic E-state index is 13.2. The fourth-order valence-electron chi connectivity index (χ4n) is 6.36. The molecule has 12 nitrogen and oxygen atoms in total. The summed E-state index contributed by atoms with van der Waals surface area (Å²) in [6.45, 7) is 1.94. The molecular formula is C28H32N8O4. The summed E-state index contributed by atoms with van der Waals surface area (Å²) in [6, 6.07) is 6.02. The Kier molecular flexibility index (Phi) is 6.19. The molecule has 5 aliphatic rings. The van der Waals surface area contributed by atoms with Crippen LogP contribution in [0.1, 0.15) is 60.6 Å². The van der Waals surface area contributed by atoms with Gasteiger partial charge in [0.15, 0.2) is 5.65 Å². The van der Waals surface area contributed by atoms with Crippen molar-refractivity contribution in [3.05, 3.63) is 29.7 Å². The number of aromatic amines is 1. The first-order valence-electron chi connectivity index (χ1n) is 14.1. The molecule has 3 N–H and O–H groups in total. The Balaban J connectivity index is 1.08. The van der Waals surface area contributed by atoms with Gasteiger partial charge in [0.2, 0.25) is 0 Å². The molecule has 1 saturated heterocycles. The van der Waals surface area contributed by atoms with Gasteiger partial charge in [-0.1, -0.05) is 0 Å². The van der Waals surface area contributed by atoms with E-state index < -0.39 is 0 Å². The van der Waals surface area contributed by atoms with Crippen LogP contribution in [0.3, 0.4) is 0 Å². The lowest BCUT2D eigenvalue weighted by molar-refractivity contribution is -0.0439.